The fourth-order valence-electron chi connectivity index (χ4n) is 4.63. The largest absolute Gasteiger partial charge is 0.416 e. The number of alkyl halides is 3. The van der Waals surface area contributed by atoms with Gasteiger partial charge in [-0.1, -0.05) is 42.8 Å². The molecule has 1 fully saturated rings. The molecule has 0 aliphatic carbocycles. The fraction of sp³-hybridized carbons (Fsp3) is 0.393. The van der Waals surface area contributed by atoms with Gasteiger partial charge in [-0.05, 0) is 50.5 Å². The fourth-order valence-corrected chi connectivity index (χ4v) is 4.63. The minimum atomic E-state index is -4.48. The molecule has 1 aliphatic heterocycles. The van der Waals surface area contributed by atoms with Crippen molar-refractivity contribution in [1.82, 2.24) is 14.9 Å². The number of hydrogen-bond donors (Lipinski definition) is 0. The van der Waals surface area contributed by atoms with Gasteiger partial charge in [-0.25, -0.2) is 9.97 Å². The molecule has 0 N–H and O–H groups in total. The Kier molecular flexibility index (Phi) is 7.62. The quantitative estimate of drug-likeness (QED) is 0.460. The molecule has 0 saturated carbocycles. The van der Waals surface area contributed by atoms with Crippen molar-refractivity contribution < 1.29 is 18.0 Å². The maximum atomic E-state index is 13.1. The number of anilines is 1. The maximum absolute atomic E-state index is 13.1. The van der Waals surface area contributed by atoms with E-state index in [4.69, 9.17) is 9.97 Å². The number of aryl methyl sites for hydroxylation is 3. The minimum absolute atomic E-state index is 0.0597. The highest BCUT2D eigenvalue weighted by atomic mass is 19.4. The number of halogens is 3. The molecule has 5 nitrogen and oxygen atoms in total. The molecule has 2 heterocycles. The summed E-state index contributed by atoms with van der Waals surface area (Å²) in [7, 11) is 0. The first-order valence-corrected chi connectivity index (χ1v) is 12.3. The molecule has 190 valence electrons. The lowest BCUT2D eigenvalue weighted by Gasteiger charge is -2.26. The van der Waals surface area contributed by atoms with E-state index in [9.17, 15) is 18.0 Å². The van der Waals surface area contributed by atoms with Crippen molar-refractivity contribution in [2.75, 3.05) is 31.1 Å². The first-order valence-electron chi connectivity index (χ1n) is 12.3. The molecule has 0 unspecified atom stereocenters. The predicted molar refractivity (Wildman–Crippen MR) is 134 cm³/mol. The number of amides is 1. The lowest BCUT2D eigenvalue weighted by atomic mass is 10.0. The van der Waals surface area contributed by atoms with Crippen LogP contribution in [0, 0.1) is 13.8 Å². The summed E-state index contributed by atoms with van der Waals surface area (Å²) >= 11 is 0. The van der Waals surface area contributed by atoms with Gasteiger partial charge in [0, 0.05) is 49.4 Å². The zero-order valence-corrected chi connectivity index (χ0v) is 20.9. The molecule has 8 heteroatoms. The summed E-state index contributed by atoms with van der Waals surface area (Å²) in [5, 5.41) is 0. The zero-order valence-electron chi connectivity index (χ0n) is 20.9. The van der Waals surface area contributed by atoms with Gasteiger partial charge in [0.2, 0.25) is 0 Å². The summed E-state index contributed by atoms with van der Waals surface area (Å²) in [4.78, 5) is 26.4. The molecule has 36 heavy (non-hydrogen) atoms. The summed E-state index contributed by atoms with van der Waals surface area (Å²) in [6.45, 7) is 8.16. The minimum Gasteiger partial charge on any atom is -0.354 e. The molecular formula is C28H31F3N4O. The van der Waals surface area contributed by atoms with Gasteiger partial charge in [-0.2, -0.15) is 13.2 Å². The number of benzene rings is 2. The van der Waals surface area contributed by atoms with E-state index in [1.54, 1.807) is 4.90 Å². The summed E-state index contributed by atoms with van der Waals surface area (Å²) < 4.78 is 39.4. The highest BCUT2D eigenvalue weighted by Gasteiger charge is 2.31. The van der Waals surface area contributed by atoms with E-state index in [0.717, 1.165) is 35.6 Å². The molecule has 1 aliphatic rings. The zero-order chi connectivity index (χ0) is 25.9. The van der Waals surface area contributed by atoms with Crippen LogP contribution in [0.4, 0.5) is 19.0 Å². The predicted octanol–water partition coefficient (Wildman–Crippen LogP) is 5.62. The summed E-state index contributed by atoms with van der Waals surface area (Å²) in [6, 6.07) is 13.1. The van der Waals surface area contributed by atoms with Crippen LogP contribution in [-0.2, 0) is 19.0 Å². The Morgan fingerprint density at radius 3 is 2.42 bits per heavy atom. The second-order valence-corrected chi connectivity index (χ2v) is 9.25. The van der Waals surface area contributed by atoms with Crippen LogP contribution in [0.1, 0.15) is 57.5 Å². The first-order chi connectivity index (χ1) is 17.2. The second-order valence-electron chi connectivity index (χ2n) is 9.25. The Balaban J connectivity index is 1.57. The highest BCUT2D eigenvalue weighted by molar-refractivity contribution is 5.94. The van der Waals surface area contributed by atoms with Crippen molar-refractivity contribution in [3.63, 3.8) is 0 Å². The van der Waals surface area contributed by atoms with Crippen LogP contribution in [0.15, 0.2) is 48.5 Å². The van der Waals surface area contributed by atoms with E-state index in [1.165, 1.54) is 23.3 Å². The SMILES string of the molecule is CCc1nc(C)nc(N2CCCN(C(=O)c3cccc(C(F)(F)F)c3)CC2)c1Cc1ccc(C)cc1. The molecule has 1 aromatic heterocycles. The number of hydrogen-bond acceptors (Lipinski definition) is 4. The lowest BCUT2D eigenvalue weighted by molar-refractivity contribution is -0.137. The van der Waals surface area contributed by atoms with Crippen LogP contribution in [0.25, 0.3) is 0 Å². The molecule has 1 saturated heterocycles. The third-order valence-corrected chi connectivity index (χ3v) is 6.54. The summed E-state index contributed by atoms with van der Waals surface area (Å²) in [5.74, 6) is 1.21. The van der Waals surface area contributed by atoms with Gasteiger partial charge in [-0.15, -0.1) is 0 Å². The lowest BCUT2D eigenvalue weighted by Crippen LogP contribution is -2.36. The van der Waals surface area contributed by atoms with Gasteiger partial charge >= 0.3 is 6.18 Å². The van der Waals surface area contributed by atoms with Crippen molar-refractivity contribution in [2.24, 2.45) is 0 Å². The normalized spacial score (nSPS) is 14.6. The molecule has 1 amide bonds. The second kappa shape index (κ2) is 10.7. The van der Waals surface area contributed by atoms with Crippen LogP contribution in [0.2, 0.25) is 0 Å². The average Bonchev–Trinajstić information content (AvgIpc) is 3.11. The van der Waals surface area contributed by atoms with Crippen LogP contribution >= 0.6 is 0 Å². The molecular weight excluding hydrogens is 465 g/mol. The van der Waals surface area contributed by atoms with Crippen molar-refractivity contribution in [2.45, 2.75) is 46.2 Å². The molecule has 0 radical (unpaired) electrons. The van der Waals surface area contributed by atoms with Gasteiger partial charge < -0.3 is 9.80 Å². The standard InChI is InChI=1S/C28H31F3N4O/c1-4-25-24(17-21-11-9-19(2)10-12-21)26(33-20(3)32-25)34-13-6-14-35(16-15-34)27(36)22-7-5-8-23(18-22)28(29,30)31/h5,7-12,18H,4,6,13-17H2,1-3H3. The van der Waals surface area contributed by atoms with Crippen molar-refractivity contribution in [1.29, 1.82) is 0 Å². The Morgan fingerprint density at radius 1 is 0.972 bits per heavy atom. The van der Waals surface area contributed by atoms with Gasteiger partial charge in [-0.3, -0.25) is 4.79 Å². The molecule has 3 aromatic rings. The Morgan fingerprint density at radius 2 is 1.72 bits per heavy atom. The van der Waals surface area contributed by atoms with E-state index < -0.39 is 11.7 Å². The van der Waals surface area contributed by atoms with E-state index in [2.05, 4.69) is 43.0 Å². The van der Waals surface area contributed by atoms with Crippen LogP contribution in [0.5, 0.6) is 0 Å². The number of nitrogens with zero attached hydrogens (tertiary/aromatic N) is 4. The Bertz CT molecular complexity index is 1220. The number of rotatable bonds is 5. The van der Waals surface area contributed by atoms with Crippen LogP contribution in [0.3, 0.4) is 0 Å². The first kappa shape index (κ1) is 25.7. The van der Waals surface area contributed by atoms with Crippen LogP contribution in [-0.4, -0.2) is 47.0 Å². The van der Waals surface area contributed by atoms with E-state index in [0.29, 0.717) is 44.8 Å². The number of aromatic nitrogens is 2. The average molecular weight is 497 g/mol. The van der Waals surface area contributed by atoms with Crippen molar-refractivity contribution in [3.05, 3.63) is 87.9 Å². The highest BCUT2D eigenvalue weighted by Crippen LogP contribution is 2.30. The summed E-state index contributed by atoms with van der Waals surface area (Å²) in [5.41, 5.74) is 3.73. The van der Waals surface area contributed by atoms with E-state index >= 15 is 0 Å². The molecule has 0 spiro atoms. The molecule has 0 bridgehead atoms. The van der Waals surface area contributed by atoms with E-state index in [-0.39, 0.29) is 11.5 Å². The molecule has 0 atom stereocenters. The van der Waals surface area contributed by atoms with Crippen molar-refractivity contribution >= 4 is 11.7 Å². The Labute approximate surface area is 210 Å². The smallest absolute Gasteiger partial charge is 0.354 e. The topological polar surface area (TPSA) is 49.3 Å². The maximum Gasteiger partial charge on any atom is 0.416 e. The van der Waals surface area contributed by atoms with Gasteiger partial charge in [0.05, 0.1) is 5.56 Å². The van der Waals surface area contributed by atoms with Gasteiger partial charge in [0.1, 0.15) is 11.6 Å². The third kappa shape index (κ3) is 5.86. The number of carbonyl (C=O) groups is 1. The van der Waals surface area contributed by atoms with Crippen molar-refractivity contribution in [3.8, 4) is 0 Å². The monoisotopic (exact) mass is 496 g/mol. The third-order valence-electron chi connectivity index (χ3n) is 6.54. The molecule has 2 aromatic carbocycles. The molecule has 4 rings (SSSR count). The van der Waals surface area contributed by atoms with Gasteiger partial charge in [0.15, 0.2) is 0 Å². The number of carbonyl (C=O) groups excluding carboxylic acids is 1. The van der Waals surface area contributed by atoms with E-state index in [1.807, 2.05) is 6.92 Å². The van der Waals surface area contributed by atoms with Gasteiger partial charge in [0.25, 0.3) is 5.91 Å². The van der Waals surface area contributed by atoms with Crippen LogP contribution < -0.4 is 4.90 Å². The summed E-state index contributed by atoms with van der Waals surface area (Å²) in [6.07, 6.45) is -2.30. The Hall–Kier alpha value is -3.42.